The number of hydrogen-bond acceptors (Lipinski definition) is 0. The summed E-state index contributed by atoms with van der Waals surface area (Å²) >= 11 is 0. The van der Waals surface area contributed by atoms with Crippen LogP contribution < -0.4 is 0 Å². The molecule has 0 aromatic carbocycles. The van der Waals surface area contributed by atoms with Crippen molar-refractivity contribution >= 4 is 6.71 Å². The molecule has 0 bridgehead atoms. The Morgan fingerprint density at radius 3 is 2.00 bits per heavy atom. The van der Waals surface area contributed by atoms with Crippen LogP contribution in [0.25, 0.3) is 0 Å². The summed E-state index contributed by atoms with van der Waals surface area (Å²) in [5.74, 6) is 0.871. The Bertz CT molecular complexity index is 99.3. The van der Waals surface area contributed by atoms with Gasteiger partial charge in [-0.05, 0) is 0 Å². The van der Waals surface area contributed by atoms with E-state index in [4.69, 9.17) is 0 Å². The molecule has 0 aliphatic heterocycles. The second kappa shape index (κ2) is 8.65. The highest BCUT2D eigenvalue weighted by Gasteiger charge is 2.09. The summed E-state index contributed by atoms with van der Waals surface area (Å²) in [6.45, 7) is 10.3. The topological polar surface area (TPSA) is 0 Å². The fourth-order valence-electron chi connectivity index (χ4n) is 1.58. The van der Waals surface area contributed by atoms with Gasteiger partial charge < -0.3 is 0 Å². The molecule has 0 aliphatic carbocycles. The summed E-state index contributed by atoms with van der Waals surface area (Å²) < 4.78 is 0. The molecule has 0 amide bonds. The zero-order valence-electron chi connectivity index (χ0n) is 10.1. The highest BCUT2D eigenvalue weighted by molar-refractivity contribution is 6.58. The van der Waals surface area contributed by atoms with E-state index in [-0.39, 0.29) is 0 Å². The maximum atomic E-state index is 2.39. The molecule has 0 saturated carbocycles. The lowest BCUT2D eigenvalue weighted by Gasteiger charge is -2.11. The van der Waals surface area contributed by atoms with Crippen molar-refractivity contribution in [3.05, 3.63) is 0 Å². The molecule has 0 saturated heterocycles. The fraction of sp³-hybridized carbons (Fsp3) is 1.00. The lowest BCUT2D eigenvalue weighted by Crippen LogP contribution is -2.10. The Morgan fingerprint density at radius 2 is 1.46 bits per heavy atom. The van der Waals surface area contributed by atoms with E-state index in [1.807, 2.05) is 0 Å². The summed E-state index contributed by atoms with van der Waals surface area (Å²) in [7, 11) is 0. The van der Waals surface area contributed by atoms with E-state index in [0.29, 0.717) is 0 Å². The minimum absolute atomic E-state index is 0.871. The van der Waals surface area contributed by atoms with Crippen LogP contribution in [0.4, 0.5) is 0 Å². The summed E-state index contributed by atoms with van der Waals surface area (Å²) in [5, 5.41) is 0. The van der Waals surface area contributed by atoms with Gasteiger partial charge in [0.2, 0.25) is 0 Å². The Labute approximate surface area is 85.6 Å². The summed E-state index contributed by atoms with van der Waals surface area (Å²) in [4.78, 5) is 0. The first kappa shape index (κ1) is 13.1. The lowest BCUT2D eigenvalue weighted by atomic mass is 9.41. The van der Waals surface area contributed by atoms with Crippen LogP contribution in [0.2, 0.25) is 19.0 Å². The second-order valence-electron chi connectivity index (χ2n) is 4.78. The third-order valence-corrected chi connectivity index (χ3v) is 3.15. The standard InChI is InChI=1S/C12H27B/c1-5-6-7-8-9-10-11-13(4)12(2)3/h12H,5-11H2,1-4H3. The van der Waals surface area contributed by atoms with Crippen LogP contribution in [-0.4, -0.2) is 6.71 Å². The molecule has 0 heterocycles. The van der Waals surface area contributed by atoms with Gasteiger partial charge >= 0.3 is 0 Å². The van der Waals surface area contributed by atoms with Crippen molar-refractivity contribution in [3.63, 3.8) is 0 Å². The predicted octanol–water partition coefficient (Wildman–Crippen LogP) is 4.88. The van der Waals surface area contributed by atoms with Gasteiger partial charge in [-0.25, -0.2) is 0 Å². The van der Waals surface area contributed by atoms with E-state index in [9.17, 15) is 0 Å². The van der Waals surface area contributed by atoms with Crippen molar-refractivity contribution in [3.8, 4) is 0 Å². The van der Waals surface area contributed by atoms with Crippen LogP contribution in [0.1, 0.15) is 59.3 Å². The van der Waals surface area contributed by atoms with Crippen molar-refractivity contribution in [1.29, 1.82) is 0 Å². The van der Waals surface area contributed by atoms with Crippen LogP contribution in [0.3, 0.4) is 0 Å². The molecule has 0 fully saturated rings. The van der Waals surface area contributed by atoms with Crippen LogP contribution in [0.15, 0.2) is 0 Å². The first-order chi connectivity index (χ1) is 6.18. The lowest BCUT2D eigenvalue weighted by molar-refractivity contribution is 0.622. The third-order valence-electron chi connectivity index (χ3n) is 3.15. The molecule has 0 aromatic rings. The summed E-state index contributed by atoms with van der Waals surface area (Å²) in [6.07, 6.45) is 10.0. The maximum absolute atomic E-state index is 2.39. The minimum atomic E-state index is 0.871. The molecule has 0 spiro atoms. The van der Waals surface area contributed by atoms with E-state index in [1.54, 1.807) is 0 Å². The van der Waals surface area contributed by atoms with E-state index < -0.39 is 0 Å². The molecule has 0 radical (unpaired) electrons. The minimum Gasteiger partial charge on any atom is -0.0859 e. The van der Waals surface area contributed by atoms with Gasteiger partial charge in [-0.2, -0.15) is 0 Å². The Morgan fingerprint density at radius 1 is 0.923 bits per heavy atom. The van der Waals surface area contributed by atoms with E-state index >= 15 is 0 Å². The molecule has 0 rings (SSSR count). The Kier molecular flexibility index (Phi) is 8.70. The van der Waals surface area contributed by atoms with Crippen LogP contribution in [0.5, 0.6) is 0 Å². The molecule has 0 N–H and O–H groups in total. The molecule has 0 atom stereocenters. The zero-order valence-corrected chi connectivity index (χ0v) is 10.1. The van der Waals surface area contributed by atoms with E-state index in [1.165, 1.54) is 44.8 Å². The van der Waals surface area contributed by atoms with Gasteiger partial charge in [0.1, 0.15) is 6.71 Å². The highest BCUT2D eigenvalue weighted by atomic mass is 13.9. The van der Waals surface area contributed by atoms with Crippen molar-refractivity contribution in [1.82, 2.24) is 0 Å². The van der Waals surface area contributed by atoms with Crippen LogP contribution in [-0.2, 0) is 0 Å². The molecule has 1 heteroatoms. The third kappa shape index (κ3) is 8.40. The number of rotatable bonds is 8. The molecule has 78 valence electrons. The molecule has 13 heavy (non-hydrogen) atoms. The van der Waals surface area contributed by atoms with Gasteiger partial charge in [0.25, 0.3) is 0 Å². The average Bonchev–Trinajstić information content (AvgIpc) is 2.10. The molecule has 0 nitrogen and oxygen atoms in total. The van der Waals surface area contributed by atoms with Crippen molar-refractivity contribution < 1.29 is 0 Å². The number of hydrogen-bond donors (Lipinski definition) is 0. The summed E-state index contributed by atoms with van der Waals surface area (Å²) in [6, 6.07) is 0. The molecule has 0 aromatic heterocycles. The average molecular weight is 182 g/mol. The molecular formula is C12H27B. The number of unbranched alkanes of at least 4 members (excludes halogenated alkanes) is 5. The normalized spacial score (nSPS) is 10.8. The fourth-order valence-corrected chi connectivity index (χ4v) is 1.58. The Balaban J connectivity index is 3.07. The van der Waals surface area contributed by atoms with Gasteiger partial charge in [0.15, 0.2) is 0 Å². The molecule has 0 unspecified atom stereocenters. The second-order valence-corrected chi connectivity index (χ2v) is 4.78. The van der Waals surface area contributed by atoms with Gasteiger partial charge in [-0.3, -0.25) is 0 Å². The van der Waals surface area contributed by atoms with Gasteiger partial charge in [-0.1, -0.05) is 78.3 Å². The van der Waals surface area contributed by atoms with Gasteiger partial charge in [0, 0.05) is 0 Å². The first-order valence-corrected chi connectivity index (χ1v) is 6.18. The predicted molar refractivity (Wildman–Crippen MR) is 64.9 cm³/mol. The van der Waals surface area contributed by atoms with Gasteiger partial charge in [-0.15, -0.1) is 0 Å². The van der Waals surface area contributed by atoms with Crippen LogP contribution >= 0.6 is 0 Å². The quantitative estimate of drug-likeness (QED) is 0.370. The molecular weight excluding hydrogens is 155 g/mol. The Hall–Kier alpha value is 0.0649. The molecule has 0 aliphatic rings. The first-order valence-electron chi connectivity index (χ1n) is 6.18. The zero-order chi connectivity index (χ0) is 10.1. The van der Waals surface area contributed by atoms with Crippen LogP contribution in [0, 0.1) is 0 Å². The van der Waals surface area contributed by atoms with E-state index in [0.717, 1.165) is 12.5 Å². The highest BCUT2D eigenvalue weighted by Crippen LogP contribution is 2.15. The summed E-state index contributed by atoms with van der Waals surface area (Å²) in [5.41, 5.74) is 0. The van der Waals surface area contributed by atoms with Crippen molar-refractivity contribution in [2.24, 2.45) is 0 Å². The van der Waals surface area contributed by atoms with Gasteiger partial charge in [0.05, 0.1) is 0 Å². The van der Waals surface area contributed by atoms with Crippen molar-refractivity contribution in [2.75, 3.05) is 0 Å². The maximum Gasteiger partial charge on any atom is 0.139 e. The van der Waals surface area contributed by atoms with E-state index in [2.05, 4.69) is 27.6 Å². The monoisotopic (exact) mass is 182 g/mol. The van der Waals surface area contributed by atoms with Crippen molar-refractivity contribution in [2.45, 2.75) is 78.3 Å². The SMILES string of the molecule is CCCCCCCCB(C)C(C)C. The smallest absolute Gasteiger partial charge is 0.0859 e. The largest absolute Gasteiger partial charge is 0.139 e.